The molecule has 2 rings (SSSR count). The number of nitrogens with zero attached hydrogens (tertiary/aromatic N) is 1. The zero-order valence-corrected chi connectivity index (χ0v) is 12.5. The molecule has 0 fully saturated rings. The van der Waals surface area contributed by atoms with Gasteiger partial charge in [-0.15, -0.1) is 11.3 Å². The zero-order chi connectivity index (χ0) is 13.7. The number of methoxy groups -OCH3 is 1. The maximum absolute atomic E-state index is 5.47. The minimum Gasteiger partial charge on any atom is -0.496 e. The lowest BCUT2D eigenvalue weighted by molar-refractivity contribution is 0.403. The molecule has 0 saturated carbocycles. The Labute approximate surface area is 118 Å². The number of benzene rings is 1. The van der Waals surface area contributed by atoms with Gasteiger partial charge in [-0.1, -0.05) is 25.1 Å². The van der Waals surface area contributed by atoms with Crippen LogP contribution in [0.4, 0.5) is 0 Å². The molecule has 19 heavy (non-hydrogen) atoms. The molecule has 1 unspecified atom stereocenters. The van der Waals surface area contributed by atoms with Crippen LogP contribution in [0.2, 0.25) is 0 Å². The fourth-order valence-corrected chi connectivity index (χ4v) is 2.72. The van der Waals surface area contributed by atoms with E-state index >= 15 is 0 Å². The number of para-hydroxylation sites is 1. The smallest absolute Gasteiger partial charge is 0.124 e. The molecule has 0 aliphatic carbocycles. The molecule has 4 heteroatoms. The van der Waals surface area contributed by atoms with Gasteiger partial charge in [0.05, 0.1) is 23.9 Å². The quantitative estimate of drug-likeness (QED) is 0.876. The number of thiazole rings is 1. The van der Waals surface area contributed by atoms with Gasteiger partial charge in [0.2, 0.25) is 0 Å². The van der Waals surface area contributed by atoms with Crippen molar-refractivity contribution < 1.29 is 4.74 Å². The topological polar surface area (TPSA) is 34.2 Å². The molecular weight excluding hydrogens is 256 g/mol. The standard InChI is InChI=1S/C15H20N2OS/c1-4-9-16-15(13-10-19-11(2)17-13)12-7-5-6-8-14(12)18-3/h5-8,10,15-16H,4,9H2,1-3H3. The van der Waals surface area contributed by atoms with E-state index < -0.39 is 0 Å². The van der Waals surface area contributed by atoms with Gasteiger partial charge in [0.1, 0.15) is 5.75 Å². The number of aryl methyl sites for hydroxylation is 1. The van der Waals surface area contributed by atoms with Crippen molar-refractivity contribution in [2.75, 3.05) is 13.7 Å². The van der Waals surface area contributed by atoms with Gasteiger partial charge in [0.25, 0.3) is 0 Å². The highest BCUT2D eigenvalue weighted by molar-refractivity contribution is 7.09. The molecule has 102 valence electrons. The van der Waals surface area contributed by atoms with Crippen LogP contribution in [0, 0.1) is 6.92 Å². The first kappa shape index (κ1) is 14.0. The van der Waals surface area contributed by atoms with Gasteiger partial charge in [0, 0.05) is 10.9 Å². The Morgan fingerprint density at radius 3 is 2.79 bits per heavy atom. The summed E-state index contributed by atoms with van der Waals surface area (Å²) in [5.74, 6) is 0.904. The first-order valence-electron chi connectivity index (χ1n) is 6.54. The van der Waals surface area contributed by atoms with E-state index in [-0.39, 0.29) is 6.04 Å². The van der Waals surface area contributed by atoms with Crippen LogP contribution in [0.15, 0.2) is 29.6 Å². The number of rotatable bonds is 6. The maximum Gasteiger partial charge on any atom is 0.124 e. The second-order valence-electron chi connectivity index (χ2n) is 4.42. The Balaban J connectivity index is 2.36. The fraction of sp³-hybridized carbons (Fsp3) is 0.400. The van der Waals surface area contributed by atoms with Crippen LogP contribution in [-0.4, -0.2) is 18.6 Å². The number of hydrogen-bond acceptors (Lipinski definition) is 4. The number of aromatic nitrogens is 1. The third kappa shape index (κ3) is 3.33. The molecule has 2 aromatic rings. The van der Waals surface area contributed by atoms with Crippen LogP contribution >= 0.6 is 11.3 Å². The molecule has 0 spiro atoms. The van der Waals surface area contributed by atoms with Crippen molar-refractivity contribution in [2.45, 2.75) is 26.3 Å². The van der Waals surface area contributed by atoms with Crippen LogP contribution < -0.4 is 10.1 Å². The molecule has 0 saturated heterocycles. The minimum atomic E-state index is 0.0982. The highest BCUT2D eigenvalue weighted by Gasteiger charge is 2.19. The Bertz CT molecular complexity index is 524. The third-order valence-corrected chi connectivity index (χ3v) is 3.77. The highest BCUT2D eigenvalue weighted by Crippen LogP contribution is 2.30. The molecule has 0 amide bonds. The highest BCUT2D eigenvalue weighted by atomic mass is 32.1. The lowest BCUT2D eigenvalue weighted by Gasteiger charge is -2.19. The molecule has 1 heterocycles. The van der Waals surface area contributed by atoms with Gasteiger partial charge in [-0.05, 0) is 26.0 Å². The van der Waals surface area contributed by atoms with Crippen molar-refractivity contribution in [3.05, 3.63) is 45.9 Å². The van der Waals surface area contributed by atoms with Crippen molar-refractivity contribution in [2.24, 2.45) is 0 Å². The van der Waals surface area contributed by atoms with E-state index in [2.05, 4.69) is 28.7 Å². The molecule has 0 aliphatic rings. The summed E-state index contributed by atoms with van der Waals surface area (Å²) in [4.78, 5) is 4.62. The summed E-state index contributed by atoms with van der Waals surface area (Å²) in [5, 5.41) is 6.77. The number of hydrogen-bond donors (Lipinski definition) is 1. The van der Waals surface area contributed by atoms with Crippen LogP contribution in [0.5, 0.6) is 5.75 Å². The Morgan fingerprint density at radius 1 is 1.37 bits per heavy atom. The molecule has 3 nitrogen and oxygen atoms in total. The Morgan fingerprint density at radius 2 is 2.16 bits per heavy atom. The normalized spacial score (nSPS) is 12.4. The Kier molecular flexibility index (Phi) is 4.93. The summed E-state index contributed by atoms with van der Waals surface area (Å²) >= 11 is 1.68. The van der Waals surface area contributed by atoms with Crippen molar-refractivity contribution in [1.82, 2.24) is 10.3 Å². The fourth-order valence-electron chi connectivity index (χ4n) is 2.08. The van der Waals surface area contributed by atoms with E-state index in [1.165, 1.54) is 0 Å². The predicted molar refractivity (Wildman–Crippen MR) is 80.0 cm³/mol. The third-order valence-electron chi connectivity index (χ3n) is 2.98. The summed E-state index contributed by atoms with van der Waals surface area (Å²) < 4.78 is 5.47. The van der Waals surface area contributed by atoms with Crippen LogP contribution in [0.25, 0.3) is 0 Å². The van der Waals surface area contributed by atoms with Gasteiger partial charge in [-0.3, -0.25) is 0 Å². The van der Waals surface area contributed by atoms with Crippen molar-refractivity contribution >= 4 is 11.3 Å². The number of ether oxygens (including phenoxy) is 1. The van der Waals surface area contributed by atoms with E-state index in [9.17, 15) is 0 Å². The van der Waals surface area contributed by atoms with E-state index in [4.69, 9.17) is 4.74 Å². The SMILES string of the molecule is CCCNC(c1csc(C)n1)c1ccccc1OC. The molecule has 1 N–H and O–H groups in total. The van der Waals surface area contributed by atoms with E-state index in [0.717, 1.165) is 35.0 Å². The summed E-state index contributed by atoms with van der Waals surface area (Å²) in [5.41, 5.74) is 2.21. The maximum atomic E-state index is 5.47. The van der Waals surface area contributed by atoms with Crippen LogP contribution in [0.3, 0.4) is 0 Å². The molecule has 0 bridgehead atoms. The lowest BCUT2D eigenvalue weighted by Crippen LogP contribution is -2.24. The van der Waals surface area contributed by atoms with Gasteiger partial charge >= 0.3 is 0 Å². The van der Waals surface area contributed by atoms with Crippen molar-refractivity contribution in [3.63, 3.8) is 0 Å². The Hall–Kier alpha value is -1.39. The van der Waals surface area contributed by atoms with Crippen molar-refractivity contribution in [1.29, 1.82) is 0 Å². The summed E-state index contributed by atoms with van der Waals surface area (Å²) in [6.07, 6.45) is 1.09. The second-order valence-corrected chi connectivity index (χ2v) is 5.48. The molecule has 1 atom stereocenters. The molecular formula is C15H20N2OS. The lowest BCUT2D eigenvalue weighted by atomic mass is 10.0. The van der Waals surface area contributed by atoms with E-state index in [0.29, 0.717) is 0 Å². The second kappa shape index (κ2) is 6.68. The largest absolute Gasteiger partial charge is 0.496 e. The monoisotopic (exact) mass is 276 g/mol. The van der Waals surface area contributed by atoms with Crippen LogP contribution in [0.1, 0.15) is 35.7 Å². The average molecular weight is 276 g/mol. The molecule has 1 aromatic heterocycles. The van der Waals surface area contributed by atoms with Gasteiger partial charge in [0.15, 0.2) is 0 Å². The summed E-state index contributed by atoms with van der Waals surface area (Å²) in [6, 6.07) is 8.22. The first-order valence-corrected chi connectivity index (χ1v) is 7.42. The summed E-state index contributed by atoms with van der Waals surface area (Å²) in [6.45, 7) is 5.16. The van der Waals surface area contributed by atoms with E-state index in [1.54, 1.807) is 18.4 Å². The average Bonchev–Trinajstić information content (AvgIpc) is 2.86. The molecule has 0 aliphatic heterocycles. The molecule has 0 radical (unpaired) electrons. The summed E-state index contributed by atoms with van der Waals surface area (Å²) in [7, 11) is 1.71. The van der Waals surface area contributed by atoms with Crippen LogP contribution in [-0.2, 0) is 0 Å². The van der Waals surface area contributed by atoms with Gasteiger partial charge in [-0.2, -0.15) is 0 Å². The molecule has 1 aromatic carbocycles. The van der Waals surface area contributed by atoms with Gasteiger partial charge in [-0.25, -0.2) is 4.98 Å². The van der Waals surface area contributed by atoms with E-state index in [1.807, 2.05) is 25.1 Å². The number of nitrogens with one attached hydrogen (secondary N) is 1. The predicted octanol–water partition coefficient (Wildman–Crippen LogP) is 3.55. The minimum absolute atomic E-state index is 0.0982. The first-order chi connectivity index (χ1) is 9.26. The van der Waals surface area contributed by atoms with Crippen molar-refractivity contribution in [3.8, 4) is 5.75 Å². The van der Waals surface area contributed by atoms with Gasteiger partial charge < -0.3 is 10.1 Å². The zero-order valence-electron chi connectivity index (χ0n) is 11.6.